The zero-order valence-corrected chi connectivity index (χ0v) is 13.1. The largest absolute Gasteiger partial charge is 0.122 e. The SMILES string of the molecule is C/C=C\C1=C(CCl)CC1C(C)CC1(C)C=CC=CC1. The Morgan fingerprint density at radius 3 is 2.84 bits per heavy atom. The van der Waals surface area contributed by atoms with E-state index in [-0.39, 0.29) is 0 Å². The Labute approximate surface area is 122 Å². The molecule has 0 aromatic rings. The van der Waals surface area contributed by atoms with Gasteiger partial charge in [-0.15, -0.1) is 11.6 Å². The molecule has 0 N–H and O–H groups in total. The minimum Gasteiger partial charge on any atom is -0.122 e. The van der Waals surface area contributed by atoms with Crippen LogP contribution in [0.2, 0.25) is 0 Å². The second kappa shape index (κ2) is 6.13. The van der Waals surface area contributed by atoms with Crippen LogP contribution in [0.25, 0.3) is 0 Å². The summed E-state index contributed by atoms with van der Waals surface area (Å²) in [6.45, 7) is 6.87. The van der Waals surface area contributed by atoms with Gasteiger partial charge in [0.05, 0.1) is 0 Å². The highest BCUT2D eigenvalue weighted by Crippen LogP contribution is 2.46. The lowest BCUT2D eigenvalue weighted by Gasteiger charge is -2.40. The lowest BCUT2D eigenvalue weighted by Crippen LogP contribution is -2.29. The number of halogens is 1. The monoisotopic (exact) mass is 276 g/mol. The van der Waals surface area contributed by atoms with Crippen molar-refractivity contribution < 1.29 is 0 Å². The van der Waals surface area contributed by atoms with Gasteiger partial charge in [-0.05, 0) is 49.0 Å². The number of alkyl halides is 1. The van der Waals surface area contributed by atoms with Gasteiger partial charge in [-0.3, -0.25) is 0 Å². The third kappa shape index (κ3) is 3.23. The molecule has 0 aromatic carbocycles. The van der Waals surface area contributed by atoms with Crippen LogP contribution in [-0.2, 0) is 0 Å². The van der Waals surface area contributed by atoms with Crippen LogP contribution in [0.15, 0.2) is 47.6 Å². The average molecular weight is 277 g/mol. The molecular formula is C18H25Cl. The molecule has 0 aromatic heterocycles. The predicted octanol–water partition coefficient (Wildman–Crippen LogP) is 5.67. The van der Waals surface area contributed by atoms with Gasteiger partial charge in [-0.25, -0.2) is 0 Å². The van der Waals surface area contributed by atoms with E-state index >= 15 is 0 Å². The zero-order valence-electron chi connectivity index (χ0n) is 12.3. The zero-order chi connectivity index (χ0) is 13.9. The van der Waals surface area contributed by atoms with Crippen LogP contribution in [0.4, 0.5) is 0 Å². The van der Waals surface area contributed by atoms with E-state index in [0.29, 0.717) is 17.2 Å². The van der Waals surface area contributed by atoms with Crippen LogP contribution in [0, 0.1) is 17.3 Å². The molecule has 0 aliphatic heterocycles. The maximum absolute atomic E-state index is 6.01. The van der Waals surface area contributed by atoms with Crippen molar-refractivity contribution in [3.05, 3.63) is 47.6 Å². The van der Waals surface area contributed by atoms with Gasteiger partial charge >= 0.3 is 0 Å². The fourth-order valence-electron chi connectivity index (χ4n) is 3.49. The van der Waals surface area contributed by atoms with Crippen LogP contribution in [0.1, 0.15) is 40.0 Å². The molecule has 0 spiro atoms. The number of hydrogen-bond donors (Lipinski definition) is 0. The van der Waals surface area contributed by atoms with Crippen LogP contribution >= 0.6 is 11.6 Å². The van der Waals surface area contributed by atoms with Crippen molar-refractivity contribution in [3.63, 3.8) is 0 Å². The van der Waals surface area contributed by atoms with Gasteiger partial charge in [0.25, 0.3) is 0 Å². The Hall–Kier alpha value is -0.750. The first kappa shape index (κ1) is 14.7. The molecule has 1 heteroatoms. The van der Waals surface area contributed by atoms with Gasteiger partial charge in [-0.2, -0.15) is 0 Å². The van der Waals surface area contributed by atoms with Crippen molar-refractivity contribution >= 4 is 11.6 Å². The molecule has 0 saturated heterocycles. The lowest BCUT2D eigenvalue weighted by atomic mass is 9.65. The molecule has 2 rings (SSSR count). The quantitative estimate of drug-likeness (QED) is 0.568. The summed E-state index contributed by atoms with van der Waals surface area (Å²) in [6.07, 6.45) is 17.1. The maximum Gasteiger partial charge on any atom is 0.0439 e. The van der Waals surface area contributed by atoms with Crippen molar-refractivity contribution in [1.29, 1.82) is 0 Å². The first-order valence-electron chi connectivity index (χ1n) is 7.34. The Balaban J connectivity index is 2.02. The van der Waals surface area contributed by atoms with Crippen molar-refractivity contribution in [2.24, 2.45) is 17.3 Å². The number of rotatable bonds is 5. The van der Waals surface area contributed by atoms with E-state index in [0.717, 1.165) is 5.92 Å². The molecule has 3 atom stereocenters. The minimum absolute atomic E-state index is 0.339. The highest BCUT2D eigenvalue weighted by Gasteiger charge is 2.34. The van der Waals surface area contributed by atoms with Crippen LogP contribution in [-0.4, -0.2) is 5.88 Å². The van der Waals surface area contributed by atoms with E-state index < -0.39 is 0 Å². The van der Waals surface area contributed by atoms with E-state index in [2.05, 4.69) is 57.2 Å². The third-order valence-corrected chi connectivity index (χ3v) is 4.91. The summed E-state index contributed by atoms with van der Waals surface area (Å²) in [5, 5.41) is 0. The highest BCUT2D eigenvalue weighted by atomic mass is 35.5. The van der Waals surface area contributed by atoms with Crippen molar-refractivity contribution in [2.75, 3.05) is 5.88 Å². The summed E-state index contributed by atoms with van der Waals surface area (Å²) in [7, 11) is 0. The van der Waals surface area contributed by atoms with Crippen molar-refractivity contribution in [1.82, 2.24) is 0 Å². The van der Waals surface area contributed by atoms with Gasteiger partial charge in [0.15, 0.2) is 0 Å². The summed E-state index contributed by atoms with van der Waals surface area (Å²) < 4.78 is 0. The van der Waals surface area contributed by atoms with Gasteiger partial charge < -0.3 is 0 Å². The summed E-state index contributed by atoms with van der Waals surface area (Å²) in [5.74, 6) is 2.13. The van der Waals surface area contributed by atoms with Gasteiger partial charge in [-0.1, -0.05) is 55.9 Å². The Bertz CT molecular complexity index is 439. The fourth-order valence-corrected chi connectivity index (χ4v) is 3.75. The molecule has 0 nitrogen and oxygen atoms in total. The van der Waals surface area contributed by atoms with Crippen molar-refractivity contribution in [2.45, 2.75) is 40.0 Å². The lowest BCUT2D eigenvalue weighted by molar-refractivity contribution is 0.254. The first-order valence-corrected chi connectivity index (χ1v) is 7.88. The smallest absolute Gasteiger partial charge is 0.0439 e. The maximum atomic E-state index is 6.01. The molecule has 104 valence electrons. The number of hydrogen-bond acceptors (Lipinski definition) is 0. The van der Waals surface area contributed by atoms with Crippen molar-refractivity contribution in [3.8, 4) is 0 Å². The minimum atomic E-state index is 0.339. The summed E-state index contributed by atoms with van der Waals surface area (Å²) in [6, 6.07) is 0. The topological polar surface area (TPSA) is 0 Å². The molecule has 0 amide bonds. The number of allylic oxidation sites excluding steroid dienone is 8. The first-order chi connectivity index (χ1) is 9.09. The van der Waals surface area contributed by atoms with Gasteiger partial charge in [0.1, 0.15) is 0 Å². The fraction of sp³-hybridized carbons (Fsp3) is 0.556. The molecule has 0 bridgehead atoms. The molecule has 3 unspecified atom stereocenters. The molecule has 19 heavy (non-hydrogen) atoms. The molecule has 2 aliphatic rings. The normalized spacial score (nSPS) is 31.9. The van der Waals surface area contributed by atoms with E-state index in [1.165, 1.54) is 30.4 Å². The second-order valence-corrected chi connectivity index (χ2v) is 6.60. The average Bonchev–Trinajstić information content (AvgIpc) is 2.35. The highest BCUT2D eigenvalue weighted by molar-refractivity contribution is 6.19. The van der Waals surface area contributed by atoms with E-state index in [9.17, 15) is 0 Å². The van der Waals surface area contributed by atoms with Crippen LogP contribution in [0.3, 0.4) is 0 Å². The third-order valence-electron chi connectivity index (χ3n) is 4.59. The molecule has 0 fully saturated rings. The molecule has 2 aliphatic carbocycles. The Kier molecular flexibility index (Phi) is 4.73. The predicted molar refractivity (Wildman–Crippen MR) is 85.5 cm³/mol. The molecule has 0 radical (unpaired) electrons. The Morgan fingerprint density at radius 2 is 2.26 bits per heavy atom. The Morgan fingerprint density at radius 1 is 1.47 bits per heavy atom. The van der Waals surface area contributed by atoms with Gasteiger partial charge in [0, 0.05) is 5.88 Å². The molecule has 0 heterocycles. The molecular weight excluding hydrogens is 252 g/mol. The van der Waals surface area contributed by atoms with E-state index in [4.69, 9.17) is 11.6 Å². The second-order valence-electron chi connectivity index (χ2n) is 6.33. The summed E-state index contributed by atoms with van der Waals surface area (Å²) in [4.78, 5) is 0. The summed E-state index contributed by atoms with van der Waals surface area (Å²) in [5.41, 5.74) is 3.29. The molecule has 0 saturated carbocycles. The standard InChI is InChI=1S/C18H25Cl/c1-4-8-16-15(13-19)11-17(16)14(2)12-18(3)9-6-5-7-10-18/h4-9,14,17H,10-13H2,1-3H3/b8-4-. The van der Waals surface area contributed by atoms with Crippen LogP contribution in [0.5, 0.6) is 0 Å². The van der Waals surface area contributed by atoms with Crippen LogP contribution < -0.4 is 0 Å². The van der Waals surface area contributed by atoms with E-state index in [1.807, 2.05) is 0 Å². The van der Waals surface area contributed by atoms with Gasteiger partial charge in [0.2, 0.25) is 0 Å². The summed E-state index contributed by atoms with van der Waals surface area (Å²) >= 11 is 6.01. The van der Waals surface area contributed by atoms with E-state index in [1.54, 1.807) is 0 Å².